The molecule has 9 heteroatoms. The fourth-order valence-electron chi connectivity index (χ4n) is 3.25. The van der Waals surface area contributed by atoms with Crippen molar-refractivity contribution in [2.45, 2.75) is 0 Å². The van der Waals surface area contributed by atoms with Crippen molar-refractivity contribution in [2.24, 2.45) is 0 Å². The monoisotopic (exact) mass is 442 g/mol. The summed E-state index contributed by atoms with van der Waals surface area (Å²) in [6, 6.07) is 11.5. The van der Waals surface area contributed by atoms with E-state index in [2.05, 4.69) is 20.9 Å². The van der Waals surface area contributed by atoms with Crippen LogP contribution in [-0.2, 0) is 9.53 Å². The highest BCUT2D eigenvalue weighted by atomic mass is 32.1. The van der Waals surface area contributed by atoms with E-state index < -0.39 is 0 Å². The Morgan fingerprint density at radius 2 is 1.93 bits per heavy atom. The molecule has 4 rings (SSSR count). The number of nitrogens with one attached hydrogen (secondary N) is 3. The number of nitrogens with zero attached hydrogens (tertiary/aromatic N) is 1. The van der Waals surface area contributed by atoms with Crippen LogP contribution in [0.1, 0.15) is 15.2 Å². The molecule has 0 spiro atoms. The van der Waals surface area contributed by atoms with Crippen molar-refractivity contribution in [3.63, 3.8) is 0 Å². The molecule has 2 aliphatic rings. The molecule has 2 amide bonds. The van der Waals surface area contributed by atoms with E-state index in [9.17, 15) is 9.59 Å². The Morgan fingerprint density at radius 3 is 2.63 bits per heavy atom. The van der Waals surface area contributed by atoms with Crippen molar-refractivity contribution in [2.75, 3.05) is 39.4 Å². The third-order valence-corrected chi connectivity index (χ3v) is 6.17. The van der Waals surface area contributed by atoms with Crippen LogP contribution in [0.3, 0.4) is 0 Å². The van der Waals surface area contributed by atoms with Crippen molar-refractivity contribution in [1.82, 2.24) is 20.9 Å². The molecule has 3 N–H and O–H groups in total. The molecule has 7 nitrogen and oxygen atoms in total. The molecule has 0 bridgehead atoms. The molecule has 1 aromatic carbocycles. The third kappa shape index (κ3) is 5.11. The number of ether oxygens (including phenoxy) is 1. The number of thiophene rings is 1. The lowest BCUT2D eigenvalue weighted by Crippen LogP contribution is -2.41. The Morgan fingerprint density at radius 1 is 1.17 bits per heavy atom. The maximum absolute atomic E-state index is 12.4. The first-order chi connectivity index (χ1) is 14.6. The molecule has 0 saturated carbocycles. The van der Waals surface area contributed by atoms with Gasteiger partial charge in [0.2, 0.25) is 0 Å². The average Bonchev–Trinajstić information content (AvgIpc) is 3.35. The fraction of sp³-hybridized carbons (Fsp3) is 0.286. The van der Waals surface area contributed by atoms with E-state index in [4.69, 9.17) is 17.0 Å². The van der Waals surface area contributed by atoms with Gasteiger partial charge < -0.3 is 15.4 Å². The summed E-state index contributed by atoms with van der Waals surface area (Å²) >= 11 is 6.51. The summed E-state index contributed by atoms with van der Waals surface area (Å²) in [6.45, 7) is 4.80. The van der Waals surface area contributed by atoms with Crippen molar-refractivity contribution in [3.05, 3.63) is 52.5 Å². The largest absolute Gasteiger partial charge is 0.379 e. The number of morpholine rings is 1. The molecular formula is C21H22N4O3S2. The van der Waals surface area contributed by atoms with Gasteiger partial charge in [-0.1, -0.05) is 12.1 Å². The van der Waals surface area contributed by atoms with Crippen LogP contribution in [0.15, 0.2) is 42.1 Å². The molecular weight excluding hydrogens is 420 g/mol. The van der Waals surface area contributed by atoms with Crippen LogP contribution in [0.5, 0.6) is 0 Å². The van der Waals surface area contributed by atoms with Gasteiger partial charge in [-0.3, -0.25) is 19.8 Å². The molecule has 3 heterocycles. The van der Waals surface area contributed by atoms with E-state index in [0.717, 1.165) is 48.2 Å². The van der Waals surface area contributed by atoms with E-state index >= 15 is 0 Å². The quantitative estimate of drug-likeness (QED) is 0.468. The van der Waals surface area contributed by atoms with Crippen molar-refractivity contribution < 1.29 is 14.3 Å². The van der Waals surface area contributed by atoms with Gasteiger partial charge in [-0.05, 0) is 48.1 Å². The number of benzene rings is 1. The summed E-state index contributed by atoms with van der Waals surface area (Å²) in [7, 11) is 0. The molecule has 30 heavy (non-hydrogen) atoms. The highest BCUT2D eigenvalue weighted by Gasteiger charge is 2.20. The number of hydrogen-bond acceptors (Lipinski definition) is 6. The predicted octanol–water partition coefficient (Wildman–Crippen LogP) is 1.82. The maximum atomic E-state index is 12.4. The Bertz CT molecular complexity index is 978. The molecule has 0 radical (unpaired) electrons. The number of thiocarbonyl (C=S) groups is 1. The van der Waals surface area contributed by atoms with Gasteiger partial charge in [-0.25, -0.2) is 0 Å². The molecule has 156 valence electrons. The van der Waals surface area contributed by atoms with Crippen molar-refractivity contribution in [1.29, 1.82) is 0 Å². The predicted molar refractivity (Wildman–Crippen MR) is 121 cm³/mol. The topological polar surface area (TPSA) is 82.7 Å². The Kier molecular flexibility index (Phi) is 6.53. The summed E-state index contributed by atoms with van der Waals surface area (Å²) < 4.78 is 5.33. The zero-order chi connectivity index (χ0) is 20.9. The molecule has 0 unspecified atom stereocenters. The van der Waals surface area contributed by atoms with Gasteiger partial charge in [0.05, 0.1) is 13.2 Å². The van der Waals surface area contributed by atoms with E-state index in [-0.39, 0.29) is 11.8 Å². The summed E-state index contributed by atoms with van der Waals surface area (Å²) in [6.07, 6.45) is 1.78. The van der Waals surface area contributed by atoms with Crippen LogP contribution < -0.4 is 16.0 Å². The van der Waals surface area contributed by atoms with E-state index in [1.807, 2.05) is 36.4 Å². The zero-order valence-electron chi connectivity index (χ0n) is 16.3. The van der Waals surface area contributed by atoms with E-state index in [1.165, 1.54) is 0 Å². The number of carbonyl (C=O) groups excluding carboxylic acids is 2. The van der Waals surface area contributed by atoms with Crippen molar-refractivity contribution >= 4 is 46.6 Å². The second-order valence-electron chi connectivity index (χ2n) is 6.96. The Labute approximate surface area is 184 Å². The Hall–Kier alpha value is -2.59. The highest BCUT2D eigenvalue weighted by Crippen LogP contribution is 2.29. The van der Waals surface area contributed by atoms with Gasteiger partial charge in [0.15, 0.2) is 5.11 Å². The van der Waals surface area contributed by atoms with Crippen LogP contribution in [0, 0.1) is 0 Å². The lowest BCUT2D eigenvalue weighted by molar-refractivity contribution is -0.115. The van der Waals surface area contributed by atoms with Crippen LogP contribution in [0.4, 0.5) is 0 Å². The zero-order valence-corrected chi connectivity index (χ0v) is 17.9. The van der Waals surface area contributed by atoms with Gasteiger partial charge >= 0.3 is 0 Å². The van der Waals surface area contributed by atoms with Crippen LogP contribution in [0.2, 0.25) is 0 Å². The molecule has 1 aromatic heterocycles. The smallest absolute Gasteiger partial charge is 0.273 e. The second-order valence-corrected chi connectivity index (χ2v) is 8.48. The molecule has 2 aliphatic heterocycles. The van der Waals surface area contributed by atoms with Crippen molar-refractivity contribution in [3.8, 4) is 10.4 Å². The number of hydrogen-bond donors (Lipinski definition) is 3. The first kappa shape index (κ1) is 20.7. The van der Waals surface area contributed by atoms with Gasteiger partial charge in [0.25, 0.3) is 11.8 Å². The SMILES string of the molecule is O=C1NC(=S)N/C1=C\c1ccc(-c2ccc(C(=O)NCCN3CCOCC3)cc2)s1. The minimum absolute atomic E-state index is 0.0688. The van der Waals surface area contributed by atoms with Gasteiger partial charge in [-0.15, -0.1) is 11.3 Å². The molecule has 0 atom stereocenters. The lowest BCUT2D eigenvalue weighted by Gasteiger charge is -2.26. The summed E-state index contributed by atoms with van der Waals surface area (Å²) in [4.78, 5) is 28.4. The standard InChI is InChI=1S/C21H22N4O3S2/c26-19(22-7-8-25-9-11-28-12-10-25)15-3-1-14(2-4-15)18-6-5-16(30-18)13-17-20(27)24-21(29)23-17/h1-6,13H,7-12H2,(H,22,26)(H2,23,24,27,29)/b17-13-. The third-order valence-electron chi connectivity index (χ3n) is 4.88. The number of rotatable bonds is 6. The number of amides is 2. The Balaban J connectivity index is 1.33. The van der Waals surface area contributed by atoms with E-state index in [0.29, 0.717) is 22.9 Å². The van der Waals surface area contributed by atoms with Crippen LogP contribution in [-0.4, -0.2) is 61.2 Å². The maximum Gasteiger partial charge on any atom is 0.273 e. The van der Waals surface area contributed by atoms with Crippen LogP contribution in [0.25, 0.3) is 16.5 Å². The second kappa shape index (κ2) is 9.48. The first-order valence-electron chi connectivity index (χ1n) is 9.71. The summed E-state index contributed by atoms with van der Waals surface area (Å²) in [5.74, 6) is -0.292. The average molecular weight is 443 g/mol. The minimum atomic E-state index is -0.223. The summed E-state index contributed by atoms with van der Waals surface area (Å²) in [5, 5.41) is 8.69. The first-order valence-corrected chi connectivity index (χ1v) is 10.9. The van der Waals surface area contributed by atoms with Gasteiger partial charge in [0, 0.05) is 41.5 Å². The summed E-state index contributed by atoms with van der Waals surface area (Å²) in [5.41, 5.74) is 2.10. The lowest BCUT2D eigenvalue weighted by atomic mass is 10.1. The molecule has 2 saturated heterocycles. The number of carbonyl (C=O) groups is 2. The molecule has 2 fully saturated rings. The van der Waals surface area contributed by atoms with Crippen LogP contribution >= 0.6 is 23.6 Å². The molecule has 2 aromatic rings. The highest BCUT2D eigenvalue weighted by molar-refractivity contribution is 7.80. The van der Waals surface area contributed by atoms with Gasteiger partial charge in [-0.2, -0.15) is 0 Å². The molecule has 0 aliphatic carbocycles. The van der Waals surface area contributed by atoms with Gasteiger partial charge in [0.1, 0.15) is 5.70 Å². The minimum Gasteiger partial charge on any atom is -0.379 e. The fourth-order valence-corrected chi connectivity index (χ4v) is 4.41. The normalized spacial score (nSPS) is 18.3. The van der Waals surface area contributed by atoms with E-state index in [1.54, 1.807) is 17.4 Å².